The Morgan fingerprint density at radius 2 is 2.17 bits per heavy atom. The molecule has 0 saturated carbocycles. The summed E-state index contributed by atoms with van der Waals surface area (Å²) in [4.78, 5) is 36.4. The average molecular weight is 321 g/mol. The predicted molar refractivity (Wildman–Crippen MR) is 78.2 cm³/mol. The monoisotopic (exact) mass is 321 g/mol. The van der Waals surface area contributed by atoms with Gasteiger partial charge in [0.25, 0.3) is 0 Å². The highest BCUT2D eigenvalue weighted by molar-refractivity contribution is 5.99. The normalized spacial score (nSPS) is 22.5. The van der Waals surface area contributed by atoms with Crippen LogP contribution >= 0.6 is 0 Å². The Bertz CT molecular complexity index is 687. The SMILES string of the molecule is CC1(c2ccc(N3C(=O)OC[C@H]3C(N)=O)cc2F)CN(C=O)C1. The van der Waals surface area contributed by atoms with Gasteiger partial charge >= 0.3 is 6.09 Å². The van der Waals surface area contributed by atoms with Gasteiger partial charge in [-0.2, -0.15) is 0 Å². The number of amides is 3. The molecular weight excluding hydrogens is 305 g/mol. The molecule has 1 atom stereocenters. The standard InChI is InChI=1S/C15H16FN3O4/c1-15(6-18(7-15)8-20)10-3-2-9(4-11(10)16)19-12(13(17)21)5-23-14(19)22/h2-4,8,12H,5-7H2,1H3,(H2,17,21)/t12-/m0/s1. The molecule has 2 heterocycles. The lowest BCUT2D eigenvalue weighted by molar-refractivity contribution is -0.124. The summed E-state index contributed by atoms with van der Waals surface area (Å²) < 4.78 is 19.3. The molecule has 0 radical (unpaired) electrons. The first-order valence-electron chi connectivity index (χ1n) is 7.10. The second-order valence-corrected chi connectivity index (χ2v) is 6.10. The maximum atomic E-state index is 14.5. The molecule has 1 aromatic rings. The van der Waals surface area contributed by atoms with Crippen LogP contribution in [-0.2, 0) is 19.7 Å². The third kappa shape index (κ3) is 2.39. The van der Waals surface area contributed by atoms with Crippen molar-refractivity contribution in [3.63, 3.8) is 0 Å². The minimum Gasteiger partial charge on any atom is -0.446 e. The maximum absolute atomic E-state index is 14.5. The Labute approximate surface area is 131 Å². The Hall–Kier alpha value is -2.64. The number of cyclic esters (lactones) is 1. The molecule has 0 bridgehead atoms. The minimum atomic E-state index is -0.947. The molecule has 7 nitrogen and oxygen atoms in total. The molecule has 3 amide bonds. The molecule has 0 unspecified atom stereocenters. The van der Waals surface area contributed by atoms with Crippen LogP contribution < -0.4 is 10.6 Å². The van der Waals surface area contributed by atoms with E-state index < -0.39 is 29.3 Å². The largest absolute Gasteiger partial charge is 0.446 e. The van der Waals surface area contributed by atoms with Crippen LogP contribution in [0, 0.1) is 5.82 Å². The average Bonchev–Trinajstić information content (AvgIpc) is 2.85. The molecule has 2 aliphatic heterocycles. The Morgan fingerprint density at radius 1 is 1.48 bits per heavy atom. The zero-order valence-electron chi connectivity index (χ0n) is 12.5. The summed E-state index contributed by atoms with van der Waals surface area (Å²) in [6.07, 6.45) is -0.00550. The van der Waals surface area contributed by atoms with Crippen molar-refractivity contribution < 1.29 is 23.5 Å². The first kappa shape index (κ1) is 15.3. The van der Waals surface area contributed by atoms with Gasteiger partial charge in [0.1, 0.15) is 12.4 Å². The van der Waals surface area contributed by atoms with E-state index in [9.17, 15) is 18.8 Å². The highest BCUT2D eigenvalue weighted by atomic mass is 19.1. The van der Waals surface area contributed by atoms with Gasteiger partial charge in [-0.1, -0.05) is 13.0 Å². The van der Waals surface area contributed by atoms with Crippen LogP contribution in [0.4, 0.5) is 14.9 Å². The smallest absolute Gasteiger partial charge is 0.415 e. The minimum absolute atomic E-state index is 0.149. The summed E-state index contributed by atoms with van der Waals surface area (Å²) in [6.45, 7) is 2.58. The highest BCUT2D eigenvalue weighted by Crippen LogP contribution is 2.36. The van der Waals surface area contributed by atoms with Gasteiger partial charge < -0.3 is 15.4 Å². The molecule has 0 spiro atoms. The molecule has 2 saturated heterocycles. The van der Waals surface area contributed by atoms with Gasteiger partial charge in [0.05, 0.1) is 5.69 Å². The fraction of sp³-hybridized carbons (Fsp3) is 0.400. The van der Waals surface area contributed by atoms with E-state index in [1.807, 2.05) is 6.92 Å². The van der Waals surface area contributed by atoms with Crippen LogP contribution in [0.15, 0.2) is 18.2 Å². The summed E-state index contributed by atoms with van der Waals surface area (Å²) in [5.74, 6) is -1.22. The zero-order valence-corrected chi connectivity index (χ0v) is 12.5. The number of nitrogens with two attached hydrogens (primary N) is 1. The number of benzene rings is 1. The molecular formula is C15H16FN3O4. The van der Waals surface area contributed by atoms with E-state index in [1.54, 1.807) is 17.0 Å². The highest BCUT2D eigenvalue weighted by Gasteiger charge is 2.42. The fourth-order valence-corrected chi connectivity index (χ4v) is 3.15. The number of carbonyl (C=O) groups is 3. The number of halogens is 1. The number of primary amides is 1. The van der Waals surface area contributed by atoms with E-state index >= 15 is 0 Å². The Morgan fingerprint density at radius 3 is 2.74 bits per heavy atom. The van der Waals surface area contributed by atoms with E-state index in [4.69, 9.17) is 10.5 Å². The van der Waals surface area contributed by atoms with Crippen molar-refractivity contribution in [3.8, 4) is 0 Å². The van der Waals surface area contributed by atoms with E-state index in [2.05, 4.69) is 0 Å². The predicted octanol–water partition coefficient (Wildman–Crippen LogP) is 0.366. The molecule has 122 valence electrons. The van der Waals surface area contributed by atoms with Crippen LogP contribution in [0.5, 0.6) is 0 Å². The van der Waals surface area contributed by atoms with Gasteiger partial charge in [-0.15, -0.1) is 0 Å². The lowest BCUT2D eigenvalue weighted by atomic mass is 9.75. The molecule has 0 aliphatic carbocycles. The number of anilines is 1. The second-order valence-electron chi connectivity index (χ2n) is 6.10. The summed E-state index contributed by atoms with van der Waals surface area (Å²) in [7, 11) is 0. The van der Waals surface area contributed by atoms with Gasteiger partial charge in [-0.3, -0.25) is 14.5 Å². The molecule has 23 heavy (non-hydrogen) atoms. The van der Waals surface area contributed by atoms with Crippen LogP contribution in [0.1, 0.15) is 12.5 Å². The molecule has 8 heteroatoms. The first-order chi connectivity index (χ1) is 10.9. The molecule has 0 aromatic heterocycles. The van der Waals surface area contributed by atoms with Gasteiger partial charge in [0.15, 0.2) is 6.04 Å². The third-order valence-corrected chi connectivity index (χ3v) is 4.34. The molecule has 2 fully saturated rings. The summed E-state index contributed by atoms with van der Waals surface area (Å²) in [5, 5.41) is 0. The van der Waals surface area contributed by atoms with E-state index in [1.165, 1.54) is 6.07 Å². The number of hydrogen-bond donors (Lipinski definition) is 1. The topological polar surface area (TPSA) is 92.9 Å². The lowest BCUT2D eigenvalue weighted by Crippen LogP contribution is -2.57. The van der Waals surface area contributed by atoms with Crippen molar-refractivity contribution in [1.82, 2.24) is 4.90 Å². The van der Waals surface area contributed by atoms with Gasteiger partial charge in [-0.25, -0.2) is 9.18 Å². The zero-order chi connectivity index (χ0) is 16.8. The third-order valence-electron chi connectivity index (χ3n) is 4.34. The molecule has 2 N–H and O–H groups in total. The number of carbonyl (C=O) groups excluding carboxylic acids is 3. The van der Waals surface area contributed by atoms with Gasteiger partial charge in [-0.05, 0) is 17.7 Å². The van der Waals surface area contributed by atoms with Crippen LogP contribution in [0.2, 0.25) is 0 Å². The Kier molecular flexibility index (Phi) is 3.46. The second kappa shape index (κ2) is 5.22. The van der Waals surface area contributed by atoms with Gasteiger partial charge in [0, 0.05) is 18.5 Å². The number of nitrogens with zero attached hydrogens (tertiary/aromatic N) is 2. The summed E-state index contributed by atoms with van der Waals surface area (Å²) in [6, 6.07) is 3.36. The van der Waals surface area contributed by atoms with Crippen LogP contribution in [-0.4, -0.2) is 49.0 Å². The van der Waals surface area contributed by atoms with Crippen molar-refractivity contribution in [2.75, 3.05) is 24.6 Å². The van der Waals surface area contributed by atoms with Crippen molar-refractivity contribution in [1.29, 1.82) is 0 Å². The van der Waals surface area contributed by atoms with Crippen molar-refractivity contribution in [2.24, 2.45) is 5.73 Å². The maximum Gasteiger partial charge on any atom is 0.415 e. The van der Waals surface area contributed by atoms with E-state index in [-0.39, 0.29) is 12.3 Å². The first-order valence-corrected chi connectivity index (χ1v) is 7.10. The van der Waals surface area contributed by atoms with E-state index in [0.717, 1.165) is 11.3 Å². The summed E-state index contributed by atoms with van der Waals surface area (Å²) >= 11 is 0. The van der Waals surface area contributed by atoms with Crippen molar-refractivity contribution in [2.45, 2.75) is 18.4 Å². The van der Waals surface area contributed by atoms with Crippen LogP contribution in [0.25, 0.3) is 0 Å². The molecule has 1 aromatic carbocycles. The van der Waals surface area contributed by atoms with Crippen molar-refractivity contribution >= 4 is 24.1 Å². The van der Waals surface area contributed by atoms with Gasteiger partial charge in [0.2, 0.25) is 12.3 Å². The fourth-order valence-electron chi connectivity index (χ4n) is 3.15. The van der Waals surface area contributed by atoms with E-state index in [0.29, 0.717) is 18.7 Å². The molecule has 2 aliphatic rings. The van der Waals surface area contributed by atoms with Crippen molar-refractivity contribution in [3.05, 3.63) is 29.6 Å². The number of ether oxygens (including phenoxy) is 1. The number of likely N-dealkylation sites (tertiary alicyclic amines) is 1. The number of hydrogen-bond acceptors (Lipinski definition) is 4. The van der Waals surface area contributed by atoms with Crippen LogP contribution in [0.3, 0.4) is 0 Å². The molecule has 3 rings (SSSR count). The Balaban J connectivity index is 1.89. The number of rotatable bonds is 4. The summed E-state index contributed by atoms with van der Waals surface area (Å²) in [5.41, 5.74) is 5.46. The quantitative estimate of drug-likeness (QED) is 0.811. The lowest BCUT2D eigenvalue weighted by Gasteiger charge is -2.46.